The average Bonchev–Trinajstić information content (AvgIpc) is 2.81. The third-order valence-electron chi connectivity index (χ3n) is 5.47. The molecule has 37 heavy (non-hydrogen) atoms. The highest BCUT2D eigenvalue weighted by Crippen LogP contribution is 2.32. The maximum absolute atomic E-state index is 13.4. The maximum atomic E-state index is 13.4. The standard InChI is InChI=1S/C24H28Cl2F3N3O4S/c1-4-5-11-30-23(34)16(2)31(14-17-9-10-20(25)21(26)12-17)22(33)15-32(37(3,35)36)19-8-6-7-18(13-19)24(27,28)29/h6-10,12-13,16H,4-5,11,14-15H2,1-3H3,(H,30,34)/t16-/m0/s1. The van der Waals surface area contributed by atoms with E-state index in [9.17, 15) is 31.2 Å². The number of anilines is 1. The summed E-state index contributed by atoms with van der Waals surface area (Å²) >= 11 is 12.1. The van der Waals surface area contributed by atoms with Crippen molar-refractivity contribution in [2.24, 2.45) is 0 Å². The summed E-state index contributed by atoms with van der Waals surface area (Å²) in [5, 5.41) is 3.22. The van der Waals surface area contributed by atoms with E-state index in [1.165, 1.54) is 19.1 Å². The number of hydrogen-bond donors (Lipinski definition) is 1. The van der Waals surface area contributed by atoms with Gasteiger partial charge in [0.15, 0.2) is 0 Å². The van der Waals surface area contributed by atoms with Gasteiger partial charge < -0.3 is 10.2 Å². The van der Waals surface area contributed by atoms with E-state index in [0.29, 0.717) is 22.5 Å². The number of unbranched alkanes of at least 4 members (excludes halogenated alkanes) is 1. The van der Waals surface area contributed by atoms with Gasteiger partial charge in [0.05, 0.1) is 27.6 Å². The number of rotatable bonds is 11. The van der Waals surface area contributed by atoms with E-state index in [1.54, 1.807) is 6.07 Å². The Hall–Kier alpha value is -2.50. The lowest BCUT2D eigenvalue weighted by atomic mass is 10.1. The number of hydrogen-bond acceptors (Lipinski definition) is 4. The summed E-state index contributed by atoms with van der Waals surface area (Å²) in [5.41, 5.74) is -0.886. The summed E-state index contributed by atoms with van der Waals surface area (Å²) < 4.78 is 65.4. The van der Waals surface area contributed by atoms with Crippen LogP contribution in [0.1, 0.15) is 37.8 Å². The van der Waals surface area contributed by atoms with Crippen molar-refractivity contribution in [2.75, 3.05) is 23.7 Å². The van der Waals surface area contributed by atoms with Gasteiger partial charge in [0.1, 0.15) is 12.6 Å². The van der Waals surface area contributed by atoms with E-state index in [1.807, 2.05) is 6.92 Å². The molecule has 0 saturated carbocycles. The van der Waals surface area contributed by atoms with Gasteiger partial charge in [-0.15, -0.1) is 0 Å². The Morgan fingerprint density at radius 3 is 2.32 bits per heavy atom. The van der Waals surface area contributed by atoms with Gasteiger partial charge in [-0.2, -0.15) is 13.2 Å². The fourth-order valence-electron chi connectivity index (χ4n) is 3.40. The summed E-state index contributed by atoms with van der Waals surface area (Å²) in [5.74, 6) is -1.26. The third kappa shape index (κ3) is 8.79. The van der Waals surface area contributed by atoms with Gasteiger partial charge in [0.2, 0.25) is 21.8 Å². The van der Waals surface area contributed by atoms with Crippen LogP contribution < -0.4 is 9.62 Å². The number of halogens is 5. The molecule has 2 rings (SSSR count). The van der Waals surface area contributed by atoms with Crippen molar-refractivity contribution >= 4 is 50.7 Å². The highest BCUT2D eigenvalue weighted by Gasteiger charge is 2.33. The molecule has 0 aliphatic heterocycles. The molecule has 0 radical (unpaired) electrons. The van der Waals surface area contributed by atoms with Crippen molar-refractivity contribution in [2.45, 2.75) is 45.5 Å². The number of nitrogens with one attached hydrogen (secondary N) is 1. The molecule has 1 atom stereocenters. The first-order chi connectivity index (χ1) is 17.1. The Kier molecular flexibility index (Phi) is 10.7. The minimum atomic E-state index is -4.71. The van der Waals surface area contributed by atoms with E-state index >= 15 is 0 Å². The van der Waals surface area contributed by atoms with Crippen molar-refractivity contribution in [3.8, 4) is 0 Å². The van der Waals surface area contributed by atoms with Crippen molar-refractivity contribution in [1.29, 1.82) is 0 Å². The molecule has 204 valence electrons. The zero-order valence-corrected chi connectivity index (χ0v) is 22.8. The quantitative estimate of drug-likeness (QED) is 0.373. The third-order valence-corrected chi connectivity index (χ3v) is 7.35. The SMILES string of the molecule is CCCCNC(=O)[C@H](C)N(Cc1ccc(Cl)c(Cl)c1)C(=O)CN(c1cccc(C(F)(F)F)c1)S(C)(=O)=O. The lowest BCUT2D eigenvalue weighted by Crippen LogP contribution is -2.51. The number of alkyl halides is 3. The zero-order chi connectivity index (χ0) is 28.0. The Bertz CT molecular complexity index is 1230. The molecule has 7 nitrogen and oxygen atoms in total. The first-order valence-corrected chi connectivity index (χ1v) is 13.9. The molecule has 0 aliphatic rings. The second kappa shape index (κ2) is 12.8. The van der Waals surface area contributed by atoms with Gasteiger partial charge in [-0.05, 0) is 49.2 Å². The molecule has 0 unspecified atom stereocenters. The van der Waals surface area contributed by atoms with Gasteiger partial charge in [-0.25, -0.2) is 8.42 Å². The van der Waals surface area contributed by atoms with Crippen molar-refractivity contribution < 1.29 is 31.2 Å². The average molecular weight is 582 g/mol. The number of carbonyl (C=O) groups excluding carboxylic acids is 2. The fraction of sp³-hybridized carbons (Fsp3) is 0.417. The smallest absolute Gasteiger partial charge is 0.354 e. The van der Waals surface area contributed by atoms with Crippen LogP contribution >= 0.6 is 23.2 Å². The normalized spacial score (nSPS) is 12.6. The van der Waals surface area contributed by atoms with Crippen molar-refractivity contribution in [3.05, 3.63) is 63.6 Å². The number of nitrogens with zero attached hydrogens (tertiary/aromatic N) is 2. The molecule has 0 heterocycles. The largest absolute Gasteiger partial charge is 0.416 e. The highest BCUT2D eigenvalue weighted by molar-refractivity contribution is 7.92. The number of benzene rings is 2. The molecule has 2 aromatic rings. The van der Waals surface area contributed by atoms with Crippen LogP contribution in [0.5, 0.6) is 0 Å². The molecule has 2 amide bonds. The second-order valence-corrected chi connectivity index (χ2v) is 11.1. The van der Waals surface area contributed by atoms with Crippen LogP contribution in [0.25, 0.3) is 0 Å². The number of amides is 2. The van der Waals surface area contributed by atoms with Gasteiger partial charge in [0, 0.05) is 13.1 Å². The minimum absolute atomic E-state index is 0.127. The Balaban J connectivity index is 2.43. The van der Waals surface area contributed by atoms with E-state index < -0.39 is 46.2 Å². The van der Waals surface area contributed by atoms with E-state index in [2.05, 4.69) is 5.32 Å². The molecule has 0 fully saturated rings. The van der Waals surface area contributed by atoms with E-state index in [4.69, 9.17) is 23.2 Å². The second-order valence-electron chi connectivity index (χ2n) is 8.41. The Morgan fingerprint density at radius 1 is 1.08 bits per heavy atom. The van der Waals surface area contributed by atoms with Gasteiger partial charge in [-0.3, -0.25) is 13.9 Å². The Morgan fingerprint density at radius 2 is 1.76 bits per heavy atom. The summed E-state index contributed by atoms with van der Waals surface area (Å²) in [6.45, 7) is 2.86. The zero-order valence-electron chi connectivity index (χ0n) is 20.5. The van der Waals surface area contributed by atoms with Crippen LogP contribution in [0.2, 0.25) is 10.0 Å². The molecule has 2 aromatic carbocycles. The highest BCUT2D eigenvalue weighted by atomic mass is 35.5. The van der Waals surface area contributed by atoms with Crippen LogP contribution in [0.4, 0.5) is 18.9 Å². The summed E-state index contributed by atoms with van der Waals surface area (Å²) in [7, 11) is -4.18. The monoisotopic (exact) mass is 581 g/mol. The molecule has 13 heteroatoms. The van der Waals surface area contributed by atoms with E-state index in [0.717, 1.165) is 42.2 Å². The number of sulfonamides is 1. The van der Waals surface area contributed by atoms with Crippen molar-refractivity contribution in [1.82, 2.24) is 10.2 Å². The van der Waals surface area contributed by atoms with Gasteiger partial charge in [-0.1, -0.05) is 48.7 Å². The molecule has 0 bridgehead atoms. The summed E-state index contributed by atoms with van der Waals surface area (Å²) in [4.78, 5) is 27.4. The van der Waals surface area contributed by atoms with Crippen LogP contribution in [0, 0.1) is 0 Å². The molecule has 0 aromatic heterocycles. The lowest BCUT2D eigenvalue weighted by Gasteiger charge is -2.31. The van der Waals surface area contributed by atoms with Gasteiger partial charge in [0.25, 0.3) is 0 Å². The molecule has 1 N–H and O–H groups in total. The molecule has 0 saturated heterocycles. The van der Waals surface area contributed by atoms with Crippen LogP contribution in [0.15, 0.2) is 42.5 Å². The maximum Gasteiger partial charge on any atom is 0.416 e. The molecule has 0 spiro atoms. The summed E-state index contributed by atoms with van der Waals surface area (Å²) in [6, 6.07) is 7.25. The fourth-order valence-corrected chi connectivity index (χ4v) is 4.57. The topological polar surface area (TPSA) is 86.8 Å². The minimum Gasteiger partial charge on any atom is -0.354 e. The first-order valence-electron chi connectivity index (χ1n) is 11.3. The first kappa shape index (κ1) is 30.7. The molecular formula is C24H28Cl2F3N3O4S. The lowest BCUT2D eigenvalue weighted by molar-refractivity contribution is -0.139. The predicted octanol–water partition coefficient (Wildman–Crippen LogP) is 5.11. The number of carbonyl (C=O) groups is 2. The molecular weight excluding hydrogens is 554 g/mol. The Labute approximate surface area is 224 Å². The van der Waals surface area contributed by atoms with Crippen molar-refractivity contribution in [3.63, 3.8) is 0 Å². The van der Waals surface area contributed by atoms with Crippen LogP contribution in [-0.2, 0) is 32.3 Å². The van der Waals surface area contributed by atoms with Crippen LogP contribution in [0.3, 0.4) is 0 Å². The summed E-state index contributed by atoms with van der Waals surface area (Å²) in [6.07, 6.45) is -2.38. The predicted molar refractivity (Wildman–Crippen MR) is 138 cm³/mol. The van der Waals surface area contributed by atoms with Crippen LogP contribution in [-0.4, -0.2) is 50.5 Å². The van der Waals surface area contributed by atoms with Gasteiger partial charge >= 0.3 is 6.18 Å². The van der Waals surface area contributed by atoms with E-state index in [-0.39, 0.29) is 22.3 Å². The molecule has 0 aliphatic carbocycles.